The first-order chi connectivity index (χ1) is 14.3. The molecule has 4 rings (SSSR count). The summed E-state index contributed by atoms with van der Waals surface area (Å²) in [7, 11) is 0. The van der Waals surface area contributed by atoms with E-state index in [0.29, 0.717) is 0 Å². The first-order valence-electron chi connectivity index (χ1n) is 10.4. The Morgan fingerprint density at radius 1 is 1.00 bits per heavy atom. The summed E-state index contributed by atoms with van der Waals surface area (Å²) in [6, 6.07) is 15.3. The average Bonchev–Trinajstić information content (AvgIpc) is 3.21. The molecule has 1 unspecified atom stereocenters. The topological polar surface area (TPSA) is 46.8 Å². The third-order valence-electron chi connectivity index (χ3n) is 5.59. The predicted octanol–water partition coefficient (Wildman–Crippen LogP) is 4.75. The lowest BCUT2D eigenvalue weighted by molar-refractivity contribution is 0.220. The molecule has 0 amide bonds. The molecule has 0 saturated heterocycles. The molecule has 2 aromatic carbocycles. The number of aryl methyl sites for hydroxylation is 1. The maximum Gasteiger partial charge on any atom is 0.173 e. The van der Waals surface area contributed by atoms with Gasteiger partial charge in [0, 0.05) is 13.1 Å². The lowest BCUT2D eigenvalue weighted by Crippen LogP contribution is -2.37. The van der Waals surface area contributed by atoms with E-state index in [9.17, 15) is 4.39 Å². The van der Waals surface area contributed by atoms with Crippen molar-refractivity contribution in [2.75, 3.05) is 13.1 Å². The Hall–Kier alpha value is -2.86. The number of halogens is 1. The molecule has 1 aliphatic rings. The van der Waals surface area contributed by atoms with E-state index >= 15 is 0 Å². The van der Waals surface area contributed by atoms with Crippen molar-refractivity contribution in [3.05, 3.63) is 82.9 Å². The molecule has 1 aromatic heterocycles. The molecule has 0 aliphatic carbocycles. The predicted molar refractivity (Wildman–Crippen MR) is 116 cm³/mol. The number of rotatable bonds is 4. The van der Waals surface area contributed by atoms with Crippen LogP contribution in [0.3, 0.4) is 0 Å². The largest absolute Gasteiger partial charge is 0.286 e. The van der Waals surface area contributed by atoms with Crippen molar-refractivity contribution < 1.29 is 4.39 Å². The normalized spacial score (nSPS) is 16.4. The number of hydrogen-bond donors (Lipinski definition) is 0. The van der Waals surface area contributed by atoms with Crippen molar-refractivity contribution >= 4 is 5.57 Å². The summed E-state index contributed by atoms with van der Waals surface area (Å²) < 4.78 is 15.2. The second-order valence-electron chi connectivity index (χ2n) is 8.91. The fourth-order valence-electron chi connectivity index (χ4n) is 3.96. The Morgan fingerprint density at radius 2 is 1.70 bits per heavy atom. The molecule has 1 aliphatic heterocycles. The zero-order chi connectivity index (χ0) is 21.3. The van der Waals surface area contributed by atoms with Crippen LogP contribution in [-0.2, 0) is 5.54 Å². The van der Waals surface area contributed by atoms with Gasteiger partial charge >= 0.3 is 0 Å². The molecule has 0 N–H and O–H groups in total. The van der Waals surface area contributed by atoms with Crippen LogP contribution in [0.1, 0.15) is 55.7 Å². The van der Waals surface area contributed by atoms with Gasteiger partial charge in [-0.05, 0) is 73.4 Å². The molecular weight excluding hydrogens is 377 g/mol. The Labute approximate surface area is 177 Å². The highest BCUT2D eigenvalue weighted by Gasteiger charge is 2.32. The number of tetrazole rings is 1. The zero-order valence-corrected chi connectivity index (χ0v) is 18.0. The number of hydrogen-bond acceptors (Lipinski definition) is 4. The van der Waals surface area contributed by atoms with Crippen LogP contribution in [0.5, 0.6) is 0 Å². The van der Waals surface area contributed by atoms with E-state index < -0.39 is 0 Å². The minimum absolute atomic E-state index is 0.0363. The van der Waals surface area contributed by atoms with Gasteiger partial charge in [0.1, 0.15) is 5.82 Å². The summed E-state index contributed by atoms with van der Waals surface area (Å²) in [6.07, 6.45) is 3.13. The lowest BCUT2D eigenvalue weighted by Gasteiger charge is -2.35. The smallest absolute Gasteiger partial charge is 0.173 e. The quantitative estimate of drug-likeness (QED) is 0.628. The third-order valence-corrected chi connectivity index (χ3v) is 5.59. The van der Waals surface area contributed by atoms with Crippen molar-refractivity contribution in [1.29, 1.82) is 0 Å². The summed E-state index contributed by atoms with van der Waals surface area (Å²) in [5.41, 5.74) is 4.53. The highest BCUT2D eigenvalue weighted by molar-refractivity contribution is 5.66. The second kappa shape index (κ2) is 8.11. The second-order valence-corrected chi connectivity index (χ2v) is 8.91. The summed E-state index contributed by atoms with van der Waals surface area (Å²) in [6.45, 7) is 10.1. The number of benzene rings is 2. The molecule has 30 heavy (non-hydrogen) atoms. The van der Waals surface area contributed by atoms with E-state index in [1.54, 1.807) is 0 Å². The van der Waals surface area contributed by atoms with Gasteiger partial charge in [-0.1, -0.05) is 48.0 Å². The Morgan fingerprint density at radius 3 is 2.30 bits per heavy atom. The molecule has 0 saturated carbocycles. The standard InChI is InChI=1S/C24H28FN5/c1-17-5-7-20(8-6-17)22(23-26-27-28-30(23)24(2,3)4)29-15-13-19(14-16-29)18-9-11-21(25)12-10-18/h5-13,22H,14-16H2,1-4H3. The fraction of sp³-hybridized carbons (Fsp3) is 0.375. The molecule has 1 atom stereocenters. The maximum atomic E-state index is 13.3. The monoisotopic (exact) mass is 405 g/mol. The van der Waals surface area contributed by atoms with Crippen LogP contribution >= 0.6 is 0 Å². The molecule has 0 radical (unpaired) electrons. The van der Waals surface area contributed by atoms with Crippen LogP contribution in [0.15, 0.2) is 54.6 Å². The van der Waals surface area contributed by atoms with Gasteiger partial charge in [0.05, 0.1) is 11.6 Å². The van der Waals surface area contributed by atoms with E-state index in [1.807, 2.05) is 16.8 Å². The zero-order valence-electron chi connectivity index (χ0n) is 18.0. The maximum absolute atomic E-state index is 13.3. The average molecular weight is 406 g/mol. The number of nitrogens with zero attached hydrogens (tertiary/aromatic N) is 5. The summed E-state index contributed by atoms with van der Waals surface area (Å²) in [5.74, 6) is 0.648. The van der Waals surface area contributed by atoms with Crippen LogP contribution in [0, 0.1) is 12.7 Å². The van der Waals surface area contributed by atoms with Crippen molar-refractivity contribution in [3.63, 3.8) is 0 Å². The summed E-state index contributed by atoms with van der Waals surface area (Å²) in [5, 5.41) is 12.7. The third kappa shape index (κ3) is 4.19. The van der Waals surface area contributed by atoms with Crippen LogP contribution in [0.25, 0.3) is 5.57 Å². The van der Waals surface area contributed by atoms with Crippen LogP contribution < -0.4 is 0 Å². The van der Waals surface area contributed by atoms with Crippen molar-refractivity contribution in [3.8, 4) is 0 Å². The molecule has 0 spiro atoms. The summed E-state index contributed by atoms with van der Waals surface area (Å²) in [4.78, 5) is 2.41. The van der Waals surface area contributed by atoms with Gasteiger partial charge in [0.25, 0.3) is 0 Å². The van der Waals surface area contributed by atoms with Crippen molar-refractivity contribution in [1.82, 2.24) is 25.1 Å². The molecule has 0 bridgehead atoms. The van der Waals surface area contributed by atoms with Crippen molar-refractivity contribution in [2.24, 2.45) is 0 Å². The first kappa shape index (κ1) is 20.4. The van der Waals surface area contributed by atoms with E-state index in [1.165, 1.54) is 28.8 Å². The first-order valence-corrected chi connectivity index (χ1v) is 10.4. The van der Waals surface area contributed by atoms with Gasteiger partial charge in [-0.3, -0.25) is 4.90 Å². The minimum Gasteiger partial charge on any atom is -0.286 e. The van der Waals surface area contributed by atoms with Gasteiger partial charge in [-0.25, -0.2) is 9.07 Å². The van der Waals surface area contributed by atoms with E-state index in [4.69, 9.17) is 0 Å². The Bertz CT molecular complexity index is 1030. The van der Waals surface area contributed by atoms with E-state index in [2.05, 4.69) is 78.5 Å². The van der Waals surface area contributed by atoms with Crippen LogP contribution in [-0.4, -0.2) is 38.2 Å². The van der Waals surface area contributed by atoms with Gasteiger partial charge in [0.15, 0.2) is 5.82 Å². The molecule has 3 aromatic rings. The number of aromatic nitrogens is 4. The molecule has 0 fully saturated rings. The molecule has 6 heteroatoms. The van der Waals surface area contributed by atoms with Crippen molar-refractivity contribution in [2.45, 2.75) is 45.7 Å². The van der Waals surface area contributed by atoms with Gasteiger partial charge < -0.3 is 0 Å². The van der Waals surface area contributed by atoms with E-state index in [-0.39, 0.29) is 17.4 Å². The highest BCUT2D eigenvalue weighted by atomic mass is 19.1. The van der Waals surface area contributed by atoms with E-state index in [0.717, 1.165) is 30.9 Å². The van der Waals surface area contributed by atoms with Crippen LogP contribution in [0.2, 0.25) is 0 Å². The van der Waals surface area contributed by atoms with Gasteiger partial charge in [-0.2, -0.15) is 0 Å². The molecule has 5 nitrogen and oxygen atoms in total. The molecular formula is C24H28FN5. The fourth-order valence-corrected chi connectivity index (χ4v) is 3.96. The van der Waals surface area contributed by atoms with Gasteiger partial charge in [-0.15, -0.1) is 5.10 Å². The highest BCUT2D eigenvalue weighted by Crippen LogP contribution is 2.33. The van der Waals surface area contributed by atoms with Crippen LogP contribution in [0.4, 0.5) is 4.39 Å². The molecule has 156 valence electrons. The Kier molecular flexibility index (Phi) is 5.52. The Balaban J connectivity index is 1.68. The lowest BCUT2D eigenvalue weighted by atomic mass is 9.96. The van der Waals surface area contributed by atoms with Gasteiger partial charge in [0.2, 0.25) is 0 Å². The SMILES string of the molecule is Cc1ccc(C(c2nnnn2C(C)(C)C)N2CC=C(c3ccc(F)cc3)CC2)cc1. The minimum atomic E-state index is -0.216. The molecule has 2 heterocycles. The summed E-state index contributed by atoms with van der Waals surface area (Å²) >= 11 is 0.